The molecule has 1 aromatic heterocycles. The average Bonchev–Trinajstić information content (AvgIpc) is 3.44. The number of benzene rings is 2. The summed E-state index contributed by atoms with van der Waals surface area (Å²) in [6, 6.07) is 17.8. The maximum Gasteiger partial charge on any atom is 0.287 e. The summed E-state index contributed by atoms with van der Waals surface area (Å²) in [6.45, 7) is 4.64. The molecule has 4 rings (SSSR count). The molecule has 0 bridgehead atoms. The van der Waals surface area contributed by atoms with E-state index in [-0.39, 0.29) is 30.4 Å². The monoisotopic (exact) mass is 448 g/mol. The van der Waals surface area contributed by atoms with Gasteiger partial charge in [-0.15, -0.1) is 0 Å². The molecule has 1 atom stereocenters. The van der Waals surface area contributed by atoms with E-state index in [4.69, 9.17) is 13.9 Å². The first-order valence-corrected chi connectivity index (χ1v) is 11.0. The Morgan fingerprint density at radius 2 is 1.88 bits per heavy atom. The molecule has 1 aliphatic heterocycles. The molecule has 0 saturated carbocycles. The number of fused-ring (bicyclic) bond motifs is 1. The predicted octanol–water partition coefficient (Wildman–Crippen LogP) is 3.53. The number of hydrogen-bond acceptors (Lipinski definition) is 5. The van der Waals surface area contributed by atoms with E-state index in [9.17, 15) is 9.59 Å². The van der Waals surface area contributed by atoms with Crippen LogP contribution in [0.4, 0.5) is 0 Å². The molecule has 2 aromatic carbocycles. The molecule has 0 saturated heterocycles. The van der Waals surface area contributed by atoms with Crippen LogP contribution in [0.5, 0.6) is 11.5 Å². The zero-order valence-corrected chi connectivity index (χ0v) is 18.8. The predicted molar refractivity (Wildman–Crippen MR) is 123 cm³/mol. The van der Waals surface area contributed by atoms with Crippen LogP contribution in [-0.4, -0.2) is 36.6 Å². The van der Waals surface area contributed by atoms with Crippen LogP contribution < -0.4 is 20.1 Å². The fourth-order valence-electron chi connectivity index (χ4n) is 3.86. The Morgan fingerprint density at radius 3 is 2.64 bits per heavy atom. The van der Waals surface area contributed by atoms with Gasteiger partial charge in [0.15, 0.2) is 17.3 Å². The molecule has 0 radical (unpaired) electrons. The zero-order chi connectivity index (χ0) is 23.3. The maximum atomic E-state index is 12.9. The van der Waals surface area contributed by atoms with Gasteiger partial charge in [-0.25, -0.2) is 0 Å². The largest absolute Gasteiger partial charge is 0.488 e. The second-order valence-corrected chi connectivity index (χ2v) is 8.62. The van der Waals surface area contributed by atoms with Crippen LogP contribution in [0.2, 0.25) is 0 Å². The van der Waals surface area contributed by atoms with Crippen molar-refractivity contribution in [1.82, 2.24) is 10.6 Å². The van der Waals surface area contributed by atoms with Crippen LogP contribution in [0.25, 0.3) is 0 Å². The van der Waals surface area contributed by atoms with Crippen molar-refractivity contribution in [2.75, 3.05) is 13.2 Å². The van der Waals surface area contributed by atoms with Gasteiger partial charge in [-0.2, -0.15) is 0 Å². The van der Waals surface area contributed by atoms with Crippen LogP contribution in [0.1, 0.15) is 35.5 Å². The van der Waals surface area contributed by atoms with Gasteiger partial charge in [0.05, 0.1) is 12.8 Å². The molecule has 2 amide bonds. The normalized spacial score (nSPS) is 14.6. The first kappa shape index (κ1) is 22.5. The molecule has 1 unspecified atom stereocenters. The second kappa shape index (κ2) is 9.81. The van der Waals surface area contributed by atoms with Gasteiger partial charge in [-0.3, -0.25) is 9.59 Å². The molecule has 0 fully saturated rings. The highest BCUT2D eigenvalue weighted by Crippen LogP contribution is 2.41. The van der Waals surface area contributed by atoms with Gasteiger partial charge >= 0.3 is 0 Å². The van der Waals surface area contributed by atoms with Gasteiger partial charge in [-0.1, -0.05) is 42.5 Å². The Bertz CT molecular complexity index is 1090. The fourth-order valence-corrected chi connectivity index (χ4v) is 3.86. The van der Waals surface area contributed by atoms with E-state index < -0.39 is 11.9 Å². The Kier molecular flexibility index (Phi) is 6.68. The molecule has 3 aromatic rings. The molecule has 172 valence electrons. The number of carbonyl (C=O) groups excluding carboxylic acids is 2. The van der Waals surface area contributed by atoms with Crippen LogP contribution in [0.15, 0.2) is 71.3 Å². The minimum Gasteiger partial charge on any atom is -0.488 e. The molecule has 33 heavy (non-hydrogen) atoms. The lowest BCUT2D eigenvalue weighted by Crippen LogP contribution is -2.48. The zero-order valence-electron chi connectivity index (χ0n) is 18.8. The molecule has 7 heteroatoms. The summed E-state index contributed by atoms with van der Waals surface area (Å²) in [6.07, 6.45) is 2.60. The number of nitrogens with one attached hydrogen (secondary N) is 2. The lowest BCUT2D eigenvalue weighted by atomic mass is 10.0. The molecular weight excluding hydrogens is 420 g/mol. The summed E-state index contributed by atoms with van der Waals surface area (Å²) in [5.41, 5.74) is 1.80. The Morgan fingerprint density at radius 1 is 1.06 bits per heavy atom. The molecule has 2 N–H and O–H groups in total. The smallest absolute Gasteiger partial charge is 0.287 e. The topological polar surface area (TPSA) is 89.8 Å². The van der Waals surface area contributed by atoms with Crippen LogP contribution in [-0.2, 0) is 17.6 Å². The van der Waals surface area contributed by atoms with E-state index in [1.807, 2.05) is 62.4 Å². The van der Waals surface area contributed by atoms with Gasteiger partial charge in [0.25, 0.3) is 5.91 Å². The van der Waals surface area contributed by atoms with E-state index in [0.29, 0.717) is 12.2 Å². The minimum absolute atomic E-state index is 0.157. The van der Waals surface area contributed by atoms with E-state index in [1.54, 1.807) is 12.1 Å². The number of ether oxygens (including phenoxy) is 2. The summed E-state index contributed by atoms with van der Waals surface area (Å²) < 4.78 is 17.1. The van der Waals surface area contributed by atoms with Crippen molar-refractivity contribution in [3.8, 4) is 11.5 Å². The lowest BCUT2D eigenvalue weighted by molar-refractivity contribution is -0.123. The number of carbonyl (C=O) groups is 2. The molecule has 0 spiro atoms. The van der Waals surface area contributed by atoms with Gasteiger partial charge in [0, 0.05) is 18.4 Å². The van der Waals surface area contributed by atoms with Gasteiger partial charge in [0.2, 0.25) is 5.91 Å². The van der Waals surface area contributed by atoms with E-state index in [2.05, 4.69) is 10.6 Å². The van der Waals surface area contributed by atoms with Gasteiger partial charge in [-0.05, 0) is 37.6 Å². The highest BCUT2D eigenvalue weighted by atomic mass is 16.5. The SMILES string of the molecule is CC1(C)Cc2cccc(OCCNC(=O)C(Cc3ccccc3)NC(=O)c3ccco3)c2O1. The number of para-hydroxylation sites is 1. The Hall–Kier alpha value is -3.74. The van der Waals surface area contributed by atoms with Crippen molar-refractivity contribution < 1.29 is 23.5 Å². The van der Waals surface area contributed by atoms with Gasteiger partial charge in [0.1, 0.15) is 18.2 Å². The fraction of sp³-hybridized carbons (Fsp3) is 0.308. The third-order valence-electron chi connectivity index (χ3n) is 5.36. The van der Waals surface area contributed by atoms with Crippen molar-refractivity contribution in [3.63, 3.8) is 0 Å². The van der Waals surface area contributed by atoms with Crippen molar-refractivity contribution in [2.24, 2.45) is 0 Å². The summed E-state index contributed by atoms with van der Waals surface area (Å²) in [7, 11) is 0. The molecule has 0 aliphatic carbocycles. The average molecular weight is 449 g/mol. The molecule has 2 heterocycles. The van der Waals surface area contributed by atoms with Gasteiger partial charge < -0.3 is 24.5 Å². The molecule has 1 aliphatic rings. The summed E-state index contributed by atoms with van der Waals surface area (Å²) in [5, 5.41) is 5.62. The summed E-state index contributed by atoms with van der Waals surface area (Å²) in [5.74, 6) is 0.857. The van der Waals surface area contributed by atoms with Crippen LogP contribution >= 0.6 is 0 Å². The molecule has 7 nitrogen and oxygen atoms in total. The highest BCUT2D eigenvalue weighted by molar-refractivity contribution is 5.95. The Balaban J connectivity index is 1.34. The van der Waals surface area contributed by atoms with Crippen molar-refractivity contribution in [2.45, 2.75) is 38.3 Å². The minimum atomic E-state index is -0.755. The van der Waals surface area contributed by atoms with Crippen LogP contribution in [0, 0.1) is 0 Å². The number of hydrogen-bond donors (Lipinski definition) is 2. The third kappa shape index (κ3) is 5.74. The second-order valence-electron chi connectivity index (χ2n) is 8.62. The lowest BCUT2D eigenvalue weighted by Gasteiger charge is -2.19. The Labute approximate surface area is 193 Å². The maximum absolute atomic E-state index is 12.9. The van der Waals surface area contributed by atoms with E-state index in [1.165, 1.54) is 6.26 Å². The van der Waals surface area contributed by atoms with E-state index >= 15 is 0 Å². The van der Waals surface area contributed by atoms with E-state index in [0.717, 1.165) is 23.3 Å². The third-order valence-corrected chi connectivity index (χ3v) is 5.36. The quantitative estimate of drug-likeness (QED) is 0.489. The summed E-state index contributed by atoms with van der Waals surface area (Å²) >= 11 is 0. The molecular formula is C26H28N2O5. The van der Waals surface area contributed by atoms with Crippen LogP contribution in [0.3, 0.4) is 0 Å². The van der Waals surface area contributed by atoms with Crippen molar-refractivity contribution >= 4 is 11.8 Å². The first-order valence-electron chi connectivity index (χ1n) is 11.0. The number of rotatable bonds is 9. The number of furan rings is 1. The highest BCUT2D eigenvalue weighted by Gasteiger charge is 2.32. The summed E-state index contributed by atoms with van der Waals surface area (Å²) in [4.78, 5) is 25.4. The first-order chi connectivity index (χ1) is 15.9. The van der Waals surface area contributed by atoms with Crippen molar-refractivity contribution in [3.05, 3.63) is 83.8 Å². The standard InChI is InChI=1S/C26H28N2O5/c1-26(2)17-19-10-6-11-21(23(19)33-26)32-15-13-27-24(29)20(16-18-8-4-3-5-9-18)28-25(30)22-12-7-14-31-22/h3-12,14,20H,13,15-17H2,1-2H3,(H,27,29)(H,28,30). The number of amides is 2. The van der Waals surface area contributed by atoms with Crippen molar-refractivity contribution in [1.29, 1.82) is 0 Å².